The van der Waals surface area contributed by atoms with Crippen LogP contribution in [0.2, 0.25) is 0 Å². The molecule has 2 aliphatic heterocycles. The van der Waals surface area contributed by atoms with Gasteiger partial charge < -0.3 is 23.7 Å². The van der Waals surface area contributed by atoms with Crippen molar-refractivity contribution >= 4 is 5.91 Å². The van der Waals surface area contributed by atoms with Gasteiger partial charge in [-0.1, -0.05) is 0 Å². The number of likely N-dealkylation sites (tertiary alicyclic amines) is 2. The minimum absolute atomic E-state index is 0.0960. The van der Waals surface area contributed by atoms with Crippen LogP contribution in [0, 0.1) is 18.3 Å². The summed E-state index contributed by atoms with van der Waals surface area (Å²) in [5, 5.41) is 0. The Bertz CT molecular complexity index is 578. The summed E-state index contributed by atoms with van der Waals surface area (Å²) in [6, 6.07) is 1.78. The summed E-state index contributed by atoms with van der Waals surface area (Å²) < 4.78 is 16.0. The Morgan fingerprint density at radius 1 is 1.32 bits per heavy atom. The molecule has 3 heterocycles. The Morgan fingerprint density at radius 3 is 2.68 bits per heavy atom. The van der Waals surface area contributed by atoms with E-state index in [2.05, 4.69) is 4.90 Å². The van der Waals surface area contributed by atoms with Gasteiger partial charge in [0.15, 0.2) is 0 Å². The van der Waals surface area contributed by atoms with Gasteiger partial charge in [0, 0.05) is 52.9 Å². The lowest BCUT2D eigenvalue weighted by Crippen LogP contribution is -2.47. The molecule has 0 aliphatic carbocycles. The highest BCUT2D eigenvalue weighted by molar-refractivity contribution is 5.95. The first-order chi connectivity index (χ1) is 12.1. The number of amides is 1. The summed E-state index contributed by atoms with van der Waals surface area (Å²) in [7, 11) is 3.53. The van der Waals surface area contributed by atoms with E-state index in [9.17, 15) is 4.79 Å². The molecule has 1 unspecified atom stereocenters. The number of carbonyl (C=O) groups excluding carboxylic acids is 1. The molecule has 2 saturated heterocycles. The molecule has 1 spiro atoms. The van der Waals surface area contributed by atoms with E-state index in [1.165, 1.54) is 0 Å². The van der Waals surface area contributed by atoms with E-state index in [-0.39, 0.29) is 11.3 Å². The van der Waals surface area contributed by atoms with Crippen LogP contribution in [0.15, 0.2) is 16.7 Å². The minimum atomic E-state index is 0.0960. The highest BCUT2D eigenvalue weighted by Gasteiger charge is 2.48. The summed E-state index contributed by atoms with van der Waals surface area (Å²) in [5.41, 5.74) is 0.948. The van der Waals surface area contributed by atoms with E-state index >= 15 is 0 Å². The third-order valence-corrected chi connectivity index (χ3v) is 6.00. The molecule has 140 valence electrons. The third kappa shape index (κ3) is 3.76. The molecular formula is C19H30N2O4. The maximum atomic E-state index is 12.7. The van der Waals surface area contributed by atoms with Crippen molar-refractivity contribution in [2.24, 2.45) is 11.3 Å². The van der Waals surface area contributed by atoms with Crippen LogP contribution >= 0.6 is 0 Å². The van der Waals surface area contributed by atoms with E-state index in [1.54, 1.807) is 26.5 Å². The number of piperidine rings is 1. The van der Waals surface area contributed by atoms with Gasteiger partial charge in [-0.15, -0.1) is 0 Å². The maximum absolute atomic E-state index is 12.7. The van der Waals surface area contributed by atoms with Gasteiger partial charge in [0.25, 0.3) is 5.91 Å². The number of hydrogen-bond acceptors (Lipinski definition) is 5. The van der Waals surface area contributed by atoms with Crippen molar-refractivity contribution < 1.29 is 18.7 Å². The van der Waals surface area contributed by atoms with E-state index in [1.807, 2.05) is 11.8 Å². The van der Waals surface area contributed by atoms with E-state index in [0.29, 0.717) is 17.2 Å². The number of carbonyl (C=O) groups is 1. The van der Waals surface area contributed by atoms with Gasteiger partial charge in [-0.2, -0.15) is 0 Å². The van der Waals surface area contributed by atoms with Crippen molar-refractivity contribution in [3.63, 3.8) is 0 Å². The van der Waals surface area contributed by atoms with Crippen molar-refractivity contribution in [2.75, 3.05) is 60.2 Å². The summed E-state index contributed by atoms with van der Waals surface area (Å²) in [6.45, 7) is 8.12. The molecular weight excluding hydrogens is 320 g/mol. The second-order valence-electron chi connectivity index (χ2n) is 7.43. The van der Waals surface area contributed by atoms with Gasteiger partial charge in [0.05, 0.1) is 25.0 Å². The van der Waals surface area contributed by atoms with E-state index in [0.717, 1.165) is 58.8 Å². The zero-order chi connectivity index (χ0) is 17.9. The third-order valence-electron chi connectivity index (χ3n) is 6.00. The summed E-state index contributed by atoms with van der Waals surface area (Å²) in [5.74, 6) is 1.33. The number of ether oxygens (including phenoxy) is 2. The fourth-order valence-corrected chi connectivity index (χ4v) is 4.46. The zero-order valence-corrected chi connectivity index (χ0v) is 15.6. The van der Waals surface area contributed by atoms with E-state index < -0.39 is 0 Å². The molecule has 25 heavy (non-hydrogen) atoms. The molecule has 2 aliphatic rings. The first-order valence-electron chi connectivity index (χ1n) is 9.13. The Kier molecular flexibility index (Phi) is 5.81. The van der Waals surface area contributed by atoms with Gasteiger partial charge in [0.2, 0.25) is 0 Å². The van der Waals surface area contributed by atoms with Gasteiger partial charge >= 0.3 is 0 Å². The monoisotopic (exact) mass is 350 g/mol. The van der Waals surface area contributed by atoms with Crippen molar-refractivity contribution in [3.05, 3.63) is 23.7 Å². The SMILES string of the molecule is COCCN1CC(COC)C2(CCN(C(=O)c3ccoc3C)CC2)C1. The molecule has 1 aromatic rings. The van der Waals surface area contributed by atoms with E-state index in [4.69, 9.17) is 13.9 Å². The number of rotatable bonds is 6. The van der Waals surface area contributed by atoms with Crippen molar-refractivity contribution in [1.29, 1.82) is 0 Å². The van der Waals surface area contributed by atoms with Crippen LogP contribution in [0.1, 0.15) is 29.0 Å². The molecule has 2 fully saturated rings. The molecule has 1 atom stereocenters. The van der Waals surface area contributed by atoms with Crippen LogP contribution in [0.25, 0.3) is 0 Å². The predicted molar refractivity (Wildman–Crippen MR) is 94.7 cm³/mol. The highest BCUT2D eigenvalue weighted by atomic mass is 16.5. The lowest BCUT2D eigenvalue weighted by Gasteiger charge is -2.42. The first-order valence-corrected chi connectivity index (χ1v) is 9.13. The smallest absolute Gasteiger partial charge is 0.257 e. The Hall–Kier alpha value is -1.37. The fourth-order valence-electron chi connectivity index (χ4n) is 4.46. The fraction of sp³-hybridized carbons (Fsp3) is 0.737. The zero-order valence-electron chi connectivity index (χ0n) is 15.6. The van der Waals surface area contributed by atoms with Crippen molar-refractivity contribution in [2.45, 2.75) is 19.8 Å². The quantitative estimate of drug-likeness (QED) is 0.786. The van der Waals surface area contributed by atoms with Crippen LogP contribution in [0.4, 0.5) is 0 Å². The molecule has 1 amide bonds. The lowest BCUT2D eigenvalue weighted by atomic mass is 9.71. The van der Waals surface area contributed by atoms with Gasteiger partial charge in [-0.3, -0.25) is 4.79 Å². The highest BCUT2D eigenvalue weighted by Crippen LogP contribution is 2.45. The summed E-state index contributed by atoms with van der Waals surface area (Å²) in [4.78, 5) is 17.2. The number of aryl methyl sites for hydroxylation is 1. The lowest BCUT2D eigenvalue weighted by molar-refractivity contribution is 0.0320. The molecule has 0 N–H and O–H groups in total. The topological polar surface area (TPSA) is 55.2 Å². The second kappa shape index (κ2) is 7.89. The molecule has 1 aromatic heterocycles. The van der Waals surface area contributed by atoms with Crippen molar-refractivity contribution in [3.8, 4) is 0 Å². The largest absolute Gasteiger partial charge is 0.469 e. The van der Waals surface area contributed by atoms with Crippen molar-refractivity contribution in [1.82, 2.24) is 9.80 Å². The molecule has 3 rings (SSSR count). The maximum Gasteiger partial charge on any atom is 0.257 e. The molecule has 0 aromatic carbocycles. The summed E-state index contributed by atoms with van der Waals surface area (Å²) in [6.07, 6.45) is 3.66. The molecule has 6 heteroatoms. The van der Waals surface area contributed by atoms with Crippen LogP contribution < -0.4 is 0 Å². The molecule has 6 nitrogen and oxygen atoms in total. The molecule has 0 saturated carbocycles. The first kappa shape index (κ1) is 18.4. The van der Waals surface area contributed by atoms with Gasteiger partial charge in [-0.05, 0) is 31.2 Å². The van der Waals surface area contributed by atoms with Crippen LogP contribution in [-0.4, -0.2) is 75.9 Å². The Morgan fingerprint density at radius 2 is 2.08 bits per heavy atom. The Balaban J connectivity index is 1.64. The average Bonchev–Trinajstić information content (AvgIpc) is 3.18. The number of furan rings is 1. The number of methoxy groups -OCH3 is 2. The standard InChI is InChI=1S/C19H30N2O4/c1-15-17(4-10-25-15)18(22)21-7-5-19(6-8-21)14-20(9-11-23-2)12-16(19)13-24-3/h4,10,16H,5-9,11-14H2,1-3H3. The number of hydrogen-bond donors (Lipinski definition) is 0. The normalized spacial score (nSPS) is 23.5. The minimum Gasteiger partial charge on any atom is -0.469 e. The van der Waals surface area contributed by atoms with Crippen LogP contribution in [0.5, 0.6) is 0 Å². The van der Waals surface area contributed by atoms with Gasteiger partial charge in [0.1, 0.15) is 5.76 Å². The number of nitrogens with zero attached hydrogens (tertiary/aromatic N) is 2. The summed E-state index contributed by atoms with van der Waals surface area (Å²) >= 11 is 0. The van der Waals surface area contributed by atoms with Crippen LogP contribution in [-0.2, 0) is 9.47 Å². The Labute approximate surface area is 150 Å². The average molecular weight is 350 g/mol. The van der Waals surface area contributed by atoms with Gasteiger partial charge in [-0.25, -0.2) is 0 Å². The predicted octanol–water partition coefficient (Wildman–Crippen LogP) is 2.04. The second-order valence-corrected chi connectivity index (χ2v) is 7.43. The molecule has 0 bridgehead atoms. The van der Waals surface area contributed by atoms with Crippen LogP contribution in [0.3, 0.4) is 0 Å². The molecule has 0 radical (unpaired) electrons.